The van der Waals surface area contributed by atoms with Crippen molar-refractivity contribution in [1.29, 1.82) is 0 Å². The Hall–Kier alpha value is -0.830. The van der Waals surface area contributed by atoms with E-state index in [0.717, 1.165) is 37.0 Å². The number of aliphatic hydroxyl groups excluding tert-OH is 1. The Balaban J connectivity index is 1.57. The minimum atomic E-state index is -0.119. The van der Waals surface area contributed by atoms with Crippen LogP contribution in [0.25, 0.3) is 0 Å². The molecule has 0 radical (unpaired) electrons. The molecule has 7 atom stereocenters. The molecular formula is C20H30O3. The number of esters is 1. The van der Waals surface area contributed by atoms with Crippen LogP contribution in [0.1, 0.15) is 65.2 Å². The van der Waals surface area contributed by atoms with Gasteiger partial charge in [-0.3, -0.25) is 4.79 Å². The molecule has 23 heavy (non-hydrogen) atoms. The molecule has 3 fully saturated rings. The Bertz CT molecular complexity index is 525. The van der Waals surface area contributed by atoms with Crippen molar-refractivity contribution in [3.8, 4) is 0 Å². The average molecular weight is 318 g/mol. The third-order valence-corrected chi connectivity index (χ3v) is 7.64. The van der Waals surface area contributed by atoms with E-state index < -0.39 is 0 Å². The van der Waals surface area contributed by atoms with Crippen molar-refractivity contribution >= 4 is 5.97 Å². The van der Waals surface area contributed by atoms with Crippen LogP contribution >= 0.6 is 0 Å². The fraction of sp³-hybridized carbons (Fsp3) is 0.850. The summed E-state index contributed by atoms with van der Waals surface area (Å²) in [6.45, 7) is 3.92. The third kappa shape index (κ3) is 2.47. The molecule has 0 saturated heterocycles. The molecule has 128 valence electrons. The molecule has 4 rings (SSSR count). The maximum absolute atomic E-state index is 11.5. The van der Waals surface area contributed by atoms with E-state index in [0.29, 0.717) is 5.92 Å². The van der Waals surface area contributed by atoms with Crippen LogP contribution in [0, 0.1) is 29.1 Å². The predicted octanol–water partition coefficient (Wildman–Crippen LogP) is 3.85. The van der Waals surface area contributed by atoms with Crippen molar-refractivity contribution in [2.75, 3.05) is 0 Å². The summed E-state index contributed by atoms with van der Waals surface area (Å²) < 4.78 is 5.70. The fourth-order valence-electron chi connectivity index (χ4n) is 6.60. The first-order valence-corrected chi connectivity index (χ1v) is 9.53. The SMILES string of the molecule is CC(=O)O[C@H]1CCC2C3CC=C4C[C@@H](O)CCC4C3CC[C@@]21C. The molecule has 0 aliphatic heterocycles. The number of fused-ring (bicyclic) bond motifs is 5. The van der Waals surface area contributed by atoms with Gasteiger partial charge in [0.05, 0.1) is 6.10 Å². The lowest BCUT2D eigenvalue weighted by Gasteiger charge is -2.53. The van der Waals surface area contributed by atoms with Gasteiger partial charge in [-0.05, 0) is 75.0 Å². The maximum Gasteiger partial charge on any atom is 0.302 e. The van der Waals surface area contributed by atoms with Crippen LogP contribution in [0.5, 0.6) is 0 Å². The molecule has 0 amide bonds. The summed E-state index contributed by atoms with van der Waals surface area (Å²) in [6.07, 6.45) is 11.4. The Labute approximate surface area is 139 Å². The van der Waals surface area contributed by atoms with E-state index in [1.54, 1.807) is 12.5 Å². The van der Waals surface area contributed by atoms with Gasteiger partial charge in [0.25, 0.3) is 0 Å². The number of carbonyl (C=O) groups is 1. The van der Waals surface area contributed by atoms with E-state index in [-0.39, 0.29) is 23.6 Å². The lowest BCUT2D eigenvalue weighted by molar-refractivity contribution is -0.155. The molecule has 1 N–H and O–H groups in total. The van der Waals surface area contributed by atoms with E-state index in [1.165, 1.54) is 32.1 Å². The second kappa shape index (κ2) is 5.61. The normalized spacial score (nSPS) is 48.7. The molecule has 3 saturated carbocycles. The second-order valence-electron chi connectivity index (χ2n) is 8.71. The molecule has 4 aliphatic carbocycles. The van der Waals surface area contributed by atoms with E-state index in [4.69, 9.17) is 4.74 Å². The van der Waals surface area contributed by atoms with Crippen molar-refractivity contribution in [3.63, 3.8) is 0 Å². The van der Waals surface area contributed by atoms with Gasteiger partial charge in [0.15, 0.2) is 0 Å². The summed E-state index contributed by atoms with van der Waals surface area (Å²) in [5.74, 6) is 2.87. The van der Waals surface area contributed by atoms with Crippen LogP contribution in [0.15, 0.2) is 11.6 Å². The van der Waals surface area contributed by atoms with Crippen LogP contribution in [-0.2, 0) is 9.53 Å². The van der Waals surface area contributed by atoms with Gasteiger partial charge >= 0.3 is 5.97 Å². The largest absolute Gasteiger partial charge is 0.462 e. The van der Waals surface area contributed by atoms with Crippen LogP contribution in [-0.4, -0.2) is 23.3 Å². The highest BCUT2D eigenvalue weighted by molar-refractivity contribution is 5.66. The monoisotopic (exact) mass is 318 g/mol. The van der Waals surface area contributed by atoms with E-state index >= 15 is 0 Å². The zero-order valence-corrected chi connectivity index (χ0v) is 14.5. The van der Waals surface area contributed by atoms with E-state index in [1.807, 2.05) is 0 Å². The molecule has 3 nitrogen and oxygen atoms in total. The Morgan fingerprint density at radius 1 is 1.22 bits per heavy atom. The summed E-state index contributed by atoms with van der Waals surface area (Å²) in [6, 6.07) is 0. The molecular weight excluding hydrogens is 288 g/mol. The lowest BCUT2D eigenvalue weighted by atomic mass is 9.53. The standard InChI is InChI=1S/C20H30O3/c1-12(21)23-19-8-7-18-17-5-3-13-11-14(22)4-6-15(13)16(17)9-10-20(18,19)2/h3,14-19,22H,4-11H2,1-2H3/t14-,15?,16?,17?,18?,19-,20-/m0/s1. The Morgan fingerprint density at radius 2 is 2.04 bits per heavy atom. The van der Waals surface area contributed by atoms with Crippen molar-refractivity contribution < 1.29 is 14.6 Å². The van der Waals surface area contributed by atoms with Crippen molar-refractivity contribution in [2.45, 2.75) is 77.4 Å². The summed E-state index contributed by atoms with van der Waals surface area (Å²) in [5, 5.41) is 9.96. The number of ether oxygens (including phenoxy) is 1. The maximum atomic E-state index is 11.5. The van der Waals surface area contributed by atoms with Crippen LogP contribution in [0.3, 0.4) is 0 Å². The van der Waals surface area contributed by atoms with Crippen LogP contribution in [0.2, 0.25) is 0 Å². The van der Waals surface area contributed by atoms with Crippen molar-refractivity contribution in [1.82, 2.24) is 0 Å². The predicted molar refractivity (Wildman–Crippen MR) is 88.6 cm³/mol. The molecule has 0 spiro atoms. The molecule has 4 unspecified atom stereocenters. The summed E-state index contributed by atoms with van der Waals surface area (Å²) in [5.41, 5.74) is 1.73. The smallest absolute Gasteiger partial charge is 0.302 e. The summed E-state index contributed by atoms with van der Waals surface area (Å²) in [7, 11) is 0. The van der Waals surface area contributed by atoms with Gasteiger partial charge in [-0.2, -0.15) is 0 Å². The lowest BCUT2D eigenvalue weighted by Crippen LogP contribution is -2.48. The van der Waals surface area contributed by atoms with Crippen LogP contribution < -0.4 is 0 Å². The fourth-order valence-corrected chi connectivity index (χ4v) is 6.60. The topological polar surface area (TPSA) is 46.5 Å². The number of allylic oxidation sites excluding steroid dienone is 1. The first-order chi connectivity index (χ1) is 11.0. The highest BCUT2D eigenvalue weighted by atomic mass is 16.5. The molecule has 4 aliphatic rings. The quantitative estimate of drug-likeness (QED) is 0.590. The molecule has 0 heterocycles. The Morgan fingerprint density at radius 3 is 2.83 bits per heavy atom. The third-order valence-electron chi connectivity index (χ3n) is 7.64. The number of rotatable bonds is 1. The van der Waals surface area contributed by atoms with Crippen molar-refractivity contribution in [2.24, 2.45) is 29.1 Å². The molecule has 0 aromatic heterocycles. The number of hydrogen-bond donors (Lipinski definition) is 1. The molecule has 0 bridgehead atoms. The first kappa shape index (κ1) is 15.7. The number of hydrogen-bond acceptors (Lipinski definition) is 3. The average Bonchev–Trinajstić information content (AvgIpc) is 2.83. The second-order valence-corrected chi connectivity index (χ2v) is 8.71. The molecule has 0 aromatic rings. The van der Waals surface area contributed by atoms with Gasteiger partial charge in [0.1, 0.15) is 6.10 Å². The van der Waals surface area contributed by atoms with Gasteiger partial charge in [-0.1, -0.05) is 18.6 Å². The highest BCUT2D eigenvalue weighted by Gasteiger charge is 2.57. The first-order valence-electron chi connectivity index (χ1n) is 9.53. The number of aliphatic hydroxyl groups is 1. The van der Waals surface area contributed by atoms with Gasteiger partial charge in [0.2, 0.25) is 0 Å². The number of carbonyl (C=O) groups excluding carboxylic acids is 1. The molecule has 3 heteroatoms. The Kier molecular flexibility index (Phi) is 3.83. The minimum absolute atomic E-state index is 0.109. The molecule has 0 aromatic carbocycles. The zero-order valence-electron chi connectivity index (χ0n) is 14.5. The summed E-state index contributed by atoms with van der Waals surface area (Å²) in [4.78, 5) is 11.5. The van der Waals surface area contributed by atoms with E-state index in [9.17, 15) is 9.90 Å². The van der Waals surface area contributed by atoms with Gasteiger partial charge in [-0.15, -0.1) is 0 Å². The van der Waals surface area contributed by atoms with E-state index in [2.05, 4.69) is 13.0 Å². The minimum Gasteiger partial charge on any atom is -0.462 e. The highest BCUT2D eigenvalue weighted by Crippen LogP contribution is 2.61. The van der Waals surface area contributed by atoms with Gasteiger partial charge in [0, 0.05) is 12.3 Å². The summed E-state index contributed by atoms with van der Waals surface area (Å²) >= 11 is 0. The van der Waals surface area contributed by atoms with Crippen molar-refractivity contribution in [3.05, 3.63) is 11.6 Å². The van der Waals surface area contributed by atoms with Gasteiger partial charge < -0.3 is 9.84 Å². The zero-order chi connectivity index (χ0) is 16.2. The van der Waals surface area contributed by atoms with Crippen LogP contribution in [0.4, 0.5) is 0 Å². The van der Waals surface area contributed by atoms with Gasteiger partial charge in [-0.25, -0.2) is 0 Å².